The van der Waals surface area contributed by atoms with Crippen LogP contribution in [-0.4, -0.2) is 17.4 Å². The van der Waals surface area contributed by atoms with E-state index in [9.17, 15) is 4.79 Å². The lowest BCUT2D eigenvalue weighted by atomic mass is 10.1. The zero-order valence-electron chi connectivity index (χ0n) is 10.1. The molecule has 4 heteroatoms. The average Bonchev–Trinajstić information content (AvgIpc) is 2.93. The van der Waals surface area contributed by atoms with Gasteiger partial charge in [0.1, 0.15) is 5.69 Å². The molecule has 1 unspecified atom stereocenters. The molecule has 0 aliphatic carbocycles. The van der Waals surface area contributed by atoms with Crippen molar-refractivity contribution in [3.63, 3.8) is 0 Å². The van der Waals surface area contributed by atoms with E-state index < -0.39 is 0 Å². The van der Waals surface area contributed by atoms with E-state index in [-0.39, 0.29) is 11.9 Å². The van der Waals surface area contributed by atoms with Crippen LogP contribution < -0.4 is 11.1 Å². The quantitative estimate of drug-likeness (QED) is 0.749. The van der Waals surface area contributed by atoms with Gasteiger partial charge in [-0.2, -0.15) is 0 Å². The highest BCUT2D eigenvalue weighted by atomic mass is 16.1. The second kappa shape index (κ2) is 6.02. The molecule has 1 heterocycles. The van der Waals surface area contributed by atoms with E-state index in [4.69, 9.17) is 5.73 Å². The normalized spacial score (nSPS) is 12.1. The second-order valence-electron chi connectivity index (χ2n) is 4.15. The summed E-state index contributed by atoms with van der Waals surface area (Å²) in [5.74, 6) is -0.0970. The minimum absolute atomic E-state index is 0.0462. The Morgan fingerprint density at radius 2 is 2.00 bits per heavy atom. The summed E-state index contributed by atoms with van der Waals surface area (Å²) in [4.78, 5) is 14.5. The third-order valence-corrected chi connectivity index (χ3v) is 2.81. The number of rotatable bonds is 5. The van der Waals surface area contributed by atoms with Gasteiger partial charge in [0, 0.05) is 18.8 Å². The molecule has 0 aliphatic rings. The first-order valence-corrected chi connectivity index (χ1v) is 5.99. The number of aromatic amines is 1. The maximum atomic E-state index is 11.6. The first-order chi connectivity index (χ1) is 8.77. The number of H-pyrrole nitrogens is 1. The van der Waals surface area contributed by atoms with Crippen LogP contribution in [0.15, 0.2) is 48.7 Å². The average molecular weight is 243 g/mol. The number of carbonyl (C=O) groups excluding carboxylic acids is 1. The molecule has 0 saturated heterocycles. The molecule has 0 spiro atoms. The minimum Gasteiger partial charge on any atom is -0.357 e. The fourth-order valence-electron chi connectivity index (χ4n) is 1.77. The molecule has 1 aromatic heterocycles. The lowest BCUT2D eigenvalue weighted by Gasteiger charge is -2.12. The van der Waals surface area contributed by atoms with Crippen molar-refractivity contribution >= 4 is 5.91 Å². The summed E-state index contributed by atoms with van der Waals surface area (Å²) in [6, 6.07) is 13.4. The fourth-order valence-corrected chi connectivity index (χ4v) is 1.77. The predicted molar refractivity (Wildman–Crippen MR) is 71.1 cm³/mol. The second-order valence-corrected chi connectivity index (χ2v) is 4.15. The Kier molecular flexibility index (Phi) is 4.15. The van der Waals surface area contributed by atoms with Crippen LogP contribution in [0.3, 0.4) is 0 Å². The summed E-state index contributed by atoms with van der Waals surface area (Å²) >= 11 is 0. The minimum atomic E-state index is -0.0970. The number of hydrogen-bond donors (Lipinski definition) is 3. The Hall–Kier alpha value is -2.07. The molecular weight excluding hydrogens is 226 g/mol. The van der Waals surface area contributed by atoms with E-state index >= 15 is 0 Å². The topological polar surface area (TPSA) is 70.9 Å². The van der Waals surface area contributed by atoms with Crippen LogP contribution in [0.2, 0.25) is 0 Å². The summed E-state index contributed by atoms with van der Waals surface area (Å²) in [7, 11) is 0. The van der Waals surface area contributed by atoms with E-state index in [0.717, 1.165) is 12.0 Å². The smallest absolute Gasteiger partial charge is 0.267 e. The van der Waals surface area contributed by atoms with Crippen molar-refractivity contribution in [2.45, 2.75) is 12.5 Å². The van der Waals surface area contributed by atoms with Crippen LogP contribution >= 0.6 is 0 Å². The van der Waals surface area contributed by atoms with Gasteiger partial charge in [0.05, 0.1) is 0 Å². The van der Waals surface area contributed by atoms with Gasteiger partial charge >= 0.3 is 0 Å². The highest BCUT2D eigenvalue weighted by molar-refractivity contribution is 5.92. The highest BCUT2D eigenvalue weighted by Gasteiger charge is 2.08. The van der Waals surface area contributed by atoms with E-state index in [2.05, 4.69) is 10.3 Å². The van der Waals surface area contributed by atoms with Gasteiger partial charge < -0.3 is 16.0 Å². The largest absolute Gasteiger partial charge is 0.357 e. The molecule has 0 aliphatic heterocycles. The molecule has 0 fully saturated rings. The Morgan fingerprint density at radius 3 is 2.67 bits per heavy atom. The first-order valence-electron chi connectivity index (χ1n) is 5.99. The van der Waals surface area contributed by atoms with Gasteiger partial charge in [0.25, 0.3) is 5.91 Å². The maximum Gasteiger partial charge on any atom is 0.267 e. The van der Waals surface area contributed by atoms with Gasteiger partial charge in [0.2, 0.25) is 0 Å². The summed E-state index contributed by atoms with van der Waals surface area (Å²) < 4.78 is 0. The Morgan fingerprint density at radius 1 is 1.22 bits per heavy atom. The lowest BCUT2D eigenvalue weighted by molar-refractivity contribution is 0.0948. The molecule has 0 radical (unpaired) electrons. The molecular formula is C14H17N3O. The van der Waals surface area contributed by atoms with E-state index in [1.165, 1.54) is 0 Å². The molecule has 94 valence electrons. The third-order valence-electron chi connectivity index (χ3n) is 2.81. The van der Waals surface area contributed by atoms with Crippen molar-refractivity contribution in [2.75, 3.05) is 6.54 Å². The zero-order chi connectivity index (χ0) is 12.8. The third kappa shape index (κ3) is 3.21. The summed E-state index contributed by atoms with van der Waals surface area (Å²) in [6.07, 6.45) is 2.45. The maximum absolute atomic E-state index is 11.6. The van der Waals surface area contributed by atoms with Crippen LogP contribution in [0.5, 0.6) is 0 Å². The van der Waals surface area contributed by atoms with Gasteiger partial charge in [-0.05, 0) is 24.1 Å². The van der Waals surface area contributed by atoms with Crippen LogP contribution in [0.1, 0.15) is 28.5 Å². The van der Waals surface area contributed by atoms with Crippen molar-refractivity contribution in [1.82, 2.24) is 10.3 Å². The van der Waals surface area contributed by atoms with Crippen LogP contribution in [0.4, 0.5) is 0 Å². The van der Waals surface area contributed by atoms with Gasteiger partial charge in [-0.3, -0.25) is 4.79 Å². The molecule has 1 amide bonds. The van der Waals surface area contributed by atoms with Crippen molar-refractivity contribution < 1.29 is 4.79 Å². The Bertz CT molecular complexity index is 479. The highest BCUT2D eigenvalue weighted by Crippen LogP contribution is 2.12. The Balaban J connectivity index is 1.77. The summed E-state index contributed by atoms with van der Waals surface area (Å²) in [5.41, 5.74) is 7.70. The van der Waals surface area contributed by atoms with Crippen molar-refractivity contribution in [2.24, 2.45) is 5.73 Å². The van der Waals surface area contributed by atoms with E-state index in [0.29, 0.717) is 12.2 Å². The number of nitrogens with two attached hydrogens (primary N) is 1. The number of benzene rings is 1. The molecule has 1 atom stereocenters. The number of carbonyl (C=O) groups is 1. The zero-order valence-corrected chi connectivity index (χ0v) is 10.1. The molecule has 2 rings (SSSR count). The molecule has 4 N–H and O–H groups in total. The first kappa shape index (κ1) is 12.4. The number of nitrogens with one attached hydrogen (secondary N) is 2. The SMILES string of the molecule is NC(CCNC(=O)c1ccc[nH]1)c1ccccc1. The van der Waals surface area contributed by atoms with Gasteiger partial charge in [-0.15, -0.1) is 0 Å². The van der Waals surface area contributed by atoms with Gasteiger partial charge in [0.15, 0.2) is 0 Å². The molecule has 2 aromatic rings. The van der Waals surface area contributed by atoms with Crippen LogP contribution in [0.25, 0.3) is 0 Å². The van der Waals surface area contributed by atoms with Crippen LogP contribution in [-0.2, 0) is 0 Å². The monoisotopic (exact) mass is 243 g/mol. The Labute approximate surface area is 106 Å². The summed E-state index contributed by atoms with van der Waals surface area (Å²) in [5, 5.41) is 2.84. The number of hydrogen-bond acceptors (Lipinski definition) is 2. The van der Waals surface area contributed by atoms with E-state index in [1.54, 1.807) is 18.3 Å². The molecule has 0 saturated carbocycles. The molecule has 1 aromatic carbocycles. The van der Waals surface area contributed by atoms with Crippen LogP contribution in [0, 0.1) is 0 Å². The molecule has 18 heavy (non-hydrogen) atoms. The summed E-state index contributed by atoms with van der Waals surface area (Å²) in [6.45, 7) is 0.563. The molecule has 0 bridgehead atoms. The van der Waals surface area contributed by atoms with E-state index in [1.807, 2.05) is 30.3 Å². The lowest BCUT2D eigenvalue weighted by Crippen LogP contribution is -2.27. The molecule has 4 nitrogen and oxygen atoms in total. The number of amides is 1. The fraction of sp³-hybridized carbons (Fsp3) is 0.214. The standard InChI is InChI=1S/C14H17N3O/c15-12(11-5-2-1-3-6-11)8-10-17-14(18)13-7-4-9-16-13/h1-7,9,12,16H,8,10,15H2,(H,17,18). The van der Waals surface area contributed by atoms with Gasteiger partial charge in [-0.25, -0.2) is 0 Å². The van der Waals surface area contributed by atoms with Crippen molar-refractivity contribution in [1.29, 1.82) is 0 Å². The van der Waals surface area contributed by atoms with Gasteiger partial charge in [-0.1, -0.05) is 30.3 Å². The van der Waals surface area contributed by atoms with Crippen molar-refractivity contribution in [3.05, 3.63) is 59.9 Å². The predicted octanol–water partition coefficient (Wildman–Crippen LogP) is 1.83. The van der Waals surface area contributed by atoms with Crippen molar-refractivity contribution in [3.8, 4) is 0 Å². The number of aromatic nitrogens is 1.